The topological polar surface area (TPSA) is 82.8 Å². The smallest absolute Gasteiger partial charge is 0.329 e. The van der Waals surface area contributed by atoms with Gasteiger partial charge in [-0.25, -0.2) is 5.84 Å². The second kappa shape index (κ2) is 6.65. The molecule has 0 atom stereocenters. The van der Waals surface area contributed by atoms with Gasteiger partial charge in [0.15, 0.2) is 0 Å². The summed E-state index contributed by atoms with van der Waals surface area (Å²) in [6, 6.07) is 7.06. The minimum absolute atomic E-state index is 0.121. The van der Waals surface area contributed by atoms with Gasteiger partial charge in [0.25, 0.3) is 0 Å². The largest absolute Gasteiger partial charge is 0.497 e. The van der Waals surface area contributed by atoms with E-state index >= 15 is 0 Å². The van der Waals surface area contributed by atoms with Gasteiger partial charge in [-0.3, -0.25) is 4.79 Å². The standard InChI is InChI=1S/C10H14N2O4/c1-14-8-2-4-9(5-3-8)15-7-6-10(13)16-12-11/h2-5,12H,6-7,11H2,1H3. The van der Waals surface area contributed by atoms with Gasteiger partial charge in [0.05, 0.1) is 20.1 Å². The highest BCUT2D eigenvalue weighted by Crippen LogP contribution is 2.16. The lowest BCUT2D eigenvalue weighted by Gasteiger charge is -2.06. The molecule has 0 aliphatic heterocycles. The van der Waals surface area contributed by atoms with Gasteiger partial charge in [0.2, 0.25) is 0 Å². The quantitative estimate of drug-likeness (QED) is 0.539. The van der Waals surface area contributed by atoms with Crippen LogP contribution in [0.4, 0.5) is 0 Å². The zero-order chi connectivity index (χ0) is 11.8. The van der Waals surface area contributed by atoms with Crippen LogP contribution >= 0.6 is 0 Å². The number of nitrogens with two attached hydrogens (primary N) is 1. The molecule has 88 valence electrons. The van der Waals surface area contributed by atoms with Crippen molar-refractivity contribution in [3.05, 3.63) is 24.3 Å². The van der Waals surface area contributed by atoms with Gasteiger partial charge >= 0.3 is 5.97 Å². The number of hydrogen-bond acceptors (Lipinski definition) is 6. The first-order valence-corrected chi connectivity index (χ1v) is 4.68. The summed E-state index contributed by atoms with van der Waals surface area (Å²) in [6.07, 6.45) is 0.121. The van der Waals surface area contributed by atoms with E-state index < -0.39 is 5.97 Å². The maximum Gasteiger partial charge on any atom is 0.329 e. The van der Waals surface area contributed by atoms with Crippen LogP contribution in [-0.2, 0) is 9.63 Å². The van der Waals surface area contributed by atoms with Crippen LogP contribution in [0.3, 0.4) is 0 Å². The van der Waals surface area contributed by atoms with Crippen molar-refractivity contribution in [2.45, 2.75) is 6.42 Å². The summed E-state index contributed by atoms with van der Waals surface area (Å²) in [4.78, 5) is 15.2. The highest BCUT2D eigenvalue weighted by Gasteiger charge is 2.02. The van der Waals surface area contributed by atoms with E-state index in [0.29, 0.717) is 5.75 Å². The molecule has 0 radical (unpaired) electrons. The average molecular weight is 226 g/mol. The molecule has 0 aromatic heterocycles. The van der Waals surface area contributed by atoms with Crippen LogP contribution in [0.2, 0.25) is 0 Å². The number of methoxy groups -OCH3 is 1. The molecule has 3 N–H and O–H groups in total. The molecule has 6 heteroatoms. The summed E-state index contributed by atoms with van der Waals surface area (Å²) in [7, 11) is 1.59. The Hall–Kier alpha value is -1.79. The molecule has 0 fully saturated rings. The fourth-order valence-corrected chi connectivity index (χ4v) is 1.04. The van der Waals surface area contributed by atoms with Gasteiger partial charge in [-0.05, 0) is 24.3 Å². The minimum Gasteiger partial charge on any atom is -0.497 e. The van der Waals surface area contributed by atoms with Crippen LogP contribution < -0.4 is 20.9 Å². The zero-order valence-corrected chi connectivity index (χ0v) is 8.93. The third kappa shape index (κ3) is 4.16. The Labute approximate surface area is 93.2 Å². The van der Waals surface area contributed by atoms with Gasteiger partial charge in [-0.2, -0.15) is 0 Å². The number of ether oxygens (including phenoxy) is 2. The summed E-state index contributed by atoms with van der Waals surface area (Å²) in [5.41, 5.74) is 1.81. The van der Waals surface area contributed by atoms with Gasteiger partial charge in [-0.1, -0.05) is 5.59 Å². The molecule has 1 aromatic carbocycles. The molecule has 0 aliphatic rings. The summed E-state index contributed by atoms with van der Waals surface area (Å²) in [5, 5.41) is 0. The third-order valence-electron chi connectivity index (χ3n) is 1.81. The van der Waals surface area contributed by atoms with Crippen molar-refractivity contribution in [3.8, 4) is 11.5 Å². The molecule has 1 aromatic rings. The van der Waals surface area contributed by atoms with Gasteiger partial charge < -0.3 is 14.3 Å². The highest BCUT2D eigenvalue weighted by atomic mass is 16.7. The highest BCUT2D eigenvalue weighted by molar-refractivity contribution is 5.69. The maximum atomic E-state index is 10.9. The van der Waals surface area contributed by atoms with E-state index in [9.17, 15) is 4.79 Å². The van der Waals surface area contributed by atoms with Crippen molar-refractivity contribution in [3.63, 3.8) is 0 Å². The number of rotatable bonds is 6. The minimum atomic E-state index is -0.476. The fraction of sp³-hybridized carbons (Fsp3) is 0.300. The van der Waals surface area contributed by atoms with E-state index in [1.54, 1.807) is 31.4 Å². The molecular weight excluding hydrogens is 212 g/mol. The molecule has 0 aliphatic carbocycles. The van der Waals surface area contributed by atoms with Crippen LogP contribution in [0.1, 0.15) is 6.42 Å². The Morgan fingerprint density at radius 1 is 1.31 bits per heavy atom. The Morgan fingerprint density at radius 3 is 2.50 bits per heavy atom. The molecule has 0 heterocycles. The zero-order valence-electron chi connectivity index (χ0n) is 8.93. The summed E-state index contributed by atoms with van der Waals surface area (Å²) < 4.78 is 10.3. The second-order valence-electron chi connectivity index (χ2n) is 2.87. The van der Waals surface area contributed by atoms with Crippen molar-refractivity contribution in [1.82, 2.24) is 5.59 Å². The van der Waals surface area contributed by atoms with Crippen LogP contribution in [0.25, 0.3) is 0 Å². The molecule has 0 unspecified atom stereocenters. The monoisotopic (exact) mass is 226 g/mol. The maximum absolute atomic E-state index is 10.9. The van der Waals surface area contributed by atoms with Gasteiger partial charge in [0, 0.05) is 0 Å². The number of nitrogens with one attached hydrogen (secondary N) is 1. The number of hydrazine groups is 1. The van der Waals surface area contributed by atoms with Gasteiger partial charge in [0.1, 0.15) is 11.5 Å². The van der Waals surface area contributed by atoms with Gasteiger partial charge in [-0.15, -0.1) is 0 Å². The molecule has 0 amide bonds. The number of hydrogen-bond donors (Lipinski definition) is 2. The Kier molecular flexibility index (Phi) is 5.10. The lowest BCUT2D eigenvalue weighted by atomic mass is 10.3. The molecule has 0 spiro atoms. The van der Waals surface area contributed by atoms with E-state index in [-0.39, 0.29) is 13.0 Å². The first-order chi connectivity index (χ1) is 7.76. The van der Waals surface area contributed by atoms with Crippen molar-refractivity contribution >= 4 is 5.97 Å². The predicted octanol–water partition coefficient (Wildman–Crippen LogP) is 0.386. The van der Waals surface area contributed by atoms with E-state index in [0.717, 1.165) is 5.75 Å². The number of benzene rings is 1. The molecule has 0 saturated heterocycles. The summed E-state index contributed by atoms with van der Waals surface area (Å²) >= 11 is 0. The predicted molar refractivity (Wildman–Crippen MR) is 56.5 cm³/mol. The van der Waals surface area contributed by atoms with E-state index in [1.807, 2.05) is 5.59 Å². The van der Waals surface area contributed by atoms with Crippen LogP contribution in [-0.4, -0.2) is 19.7 Å². The summed E-state index contributed by atoms with van der Waals surface area (Å²) in [5.74, 6) is 5.73. The second-order valence-corrected chi connectivity index (χ2v) is 2.87. The van der Waals surface area contributed by atoms with Crippen LogP contribution in [0.5, 0.6) is 11.5 Å². The normalized spacial score (nSPS) is 9.62. The van der Waals surface area contributed by atoms with Crippen molar-refractivity contribution in [2.75, 3.05) is 13.7 Å². The van der Waals surface area contributed by atoms with Crippen LogP contribution in [0, 0.1) is 0 Å². The first-order valence-electron chi connectivity index (χ1n) is 4.68. The SMILES string of the molecule is COc1ccc(OCCC(=O)ONN)cc1. The third-order valence-corrected chi connectivity index (χ3v) is 1.81. The average Bonchev–Trinajstić information content (AvgIpc) is 2.30. The summed E-state index contributed by atoms with van der Waals surface area (Å²) in [6.45, 7) is 0.229. The molecule has 16 heavy (non-hydrogen) atoms. The molecule has 1 rings (SSSR count). The molecule has 6 nitrogen and oxygen atoms in total. The number of carbonyl (C=O) groups is 1. The Bertz CT molecular complexity index is 326. The Morgan fingerprint density at radius 2 is 1.94 bits per heavy atom. The first kappa shape index (κ1) is 12.3. The van der Waals surface area contributed by atoms with Crippen molar-refractivity contribution in [1.29, 1.82) is 0 Å². The van der Waals surface area contributed by atoms with Crippen molar-refractivity contribution in [2.24, 2.45) is 5.84 Å². The molecule has 0 saturated carbocycles. The number of carbonyl (C=O) groups excluding carboxylic acids is 1. The molecule has 0 bridgehead atoms. The van der Waals surface area contributed by atoms with E-state index in [2.05, 4.69) is 4.84 Å². The lowest BCUT2D eigenvalue weighted by Crippen LogP contribution is -2.26. The van der Waals surface area contributed by atoms with E-state index in [4.69, 9.17) is 15.3 Å². The van der Waals surface area contributed by atoms with E-state index in [1.165, 1.54) is 0 Å². The lowest BCUT2D eigenvalue weighted by molar-refractivity contribution is -0.151. The van der Waals surface area contributed by atoms with Crippen molar-refractivity contribution < 1.29 is 19.1 Å². The fourth-order valence-electron chi connectivity index (χ4n) is 1.04. The molecular formula is C10H14N2O4. The van der Waals surface area contributed by atoms with Crippen LogP contribution in [0.15, 0.2) is 24.3 Å². The Balaban J connectivity index is 2.29.